The van der Waals surface area contributed by atoms with Crippen LogP contribution in [0.5, 0.6) is 5.88 Å². The average Bonchev–Trinajstić information content (AvgIpc) is 3.06. The quantitative estimate of drug-likeness (QED) is 0.635. The van der Waals surface area contributed by atoms with Crippen LogP contribution in [0.4, 0.5) is 25.1 Å². The molecular weight excluding hydrogens is 436 g/mol. The summed E-state index contributed by atoms with van der Waals surface area (Å²) in [5.41, 5.74) is 1.06. The Morgan fingerprint density at radius 2 is 1.87 bits per heavy atom. The van der Waals surface area contributed by atoms with Crippen LogP contribution in [-0.4, -0.2) is 53.7 Å². The van der Waals surface area contributed by atoms with Gasteiger partial charge in [0.05, 0.1) is 10.9 Å². The Balaban J connectivity index is 1.45. The molecule has 3 aromatic rings. The average molecular weight is 454 g/mol. The first kappa shape index (κ1) is 20.5. The van der Waals surface area contributed by atoms with Crippen molar-refractivity contribution in [1.29, 1.82) is 0 Å². The highest BCUT2D eigenvalue weighted by Crippen LogP contribution is 2.31. The summed E-state index contributed by atoms with van der Waals surface area (Å²) in [6.45, 7) is 3.83. The summed E-state index contributed by atoms with van der Waals surface area (Å²) >= 11 is 7.29. The van der Waals surface area contributed by atoms with Crippen LogP contribution in [0.2, 0.25) is 4.34 Å². The molecule has 1 aliphatic heterocycles. The molecule has 11 heteroatoms. The zero-order valence-electron chi connectivity index (χ0n) is 16.0. The molecule has 1 N–H and O–H groups in total. The molecule has 0 aliphatic carbocycles. The second-order valence-electron chi connectivity index (χ2n) is 6.58. The van der Waals surface area contributed by atoms with Gasteiger partial charge in [0.25, 0.3) is 5.88 Å². The van der Waals surface area contributed by atoms with E-state index in [1.54, 1.807) is 11.0 Å². The highest BCUT2D eigenvalue weighted by Gasteiger charge is 2.24. The molecule has 4 rings (SSSR count). The number of aromatic nitrogens is 2. The van der Waals surface area contributed by atoms with Crippen molar-refractivity contribution in [3.8, 4) is 5.88 Å². The molecule has 0 unspecified atom stereocenters. The Hall–Kier alpha value is -2.72. The van der Waals surface area contributed by atoms with E-state index >= 15 is 0 Å². The lowest BCUT2D eigenvalue weighted by molar-refractivity contribution is 0.208. The molecule has 2 aromatic heterocycles. The number of urea groups is 1. The predicted octanol–water partition coefficient (Wildman–Crippen LogP) is 4.38. The topological polar surface area (TPSA) is 70.6 Å². The Morgan fingerprint density at radius 3 is 2.53 bits per heavy atom. The number of hydrogen-bond donors (Lipinski definition) is 1. The molecule has 30 heavy (non-hydrogen) atoms. The monoisotopic (exact) mass is 453 g/mol. The number of carbonyl (C=O) groups excluding carboxylic acids is 1. The highest BCUT2D eigenvalue weighted by molar-refractivity contribution is 7.22. The number of piperazine rings is 1. The van der Waals surface area contributed by atoms with Crippen LogP contribution in [-0.2, 0) is 0 Å². The van der Waals surface area contributed by atoms with Gasteiger partial charge in [0, 0.05) is 37.9 Å². The van der Waals surface area contributed by atoms with E-state index in [0.29, 0.717) is 53.2 Å². The summed E-state index contributed by atoms with van der Waals surface area (Å²) in [4.78, 5) is 25.6. The maximum atomic E-state index is 13.5. The Kier molecular flexibility index (Phi) is 5.87. The fraction of sp³-hybridized carbons (Fsp3) is 0.316. The van der Waals surface area contributed by atoms with Crippen molar-refractivity contribution in [3.05, 3.63) is 40.2 Å². The molecule has 158 valence electrons. The summed E-state index contributed by atoms with van der Waals surface area (Å²) in [5, 5.41) is 2.75. The third-order valence-electron chi connectivity index (χ3n) is 4.59. The van der Waals surface area contributed by atoms with E-state index < -0.39 is 11.6 Å². The molecule has 1 aliphatic rings. The van der Waals surface area contributed by atoms with Crippen LogP contribution in [0.15, 0.2) is 24.3 Å². The Bertz CT molecular complexity index is 1070. The van der Waals surface area contributed by atoms with E-state index in [1.165, 1.54) is 23.5 Å². The van der Waals surface area contributed by atoms with Crippen molar-refractivity contribution < 1.29 is 18.3 Å². The number of anilines is 2. The largest absolute Gasteiger partial charge is 0.475 e. The van der Waals surface area contributed by atoms with Gasteiger partial charge in [-0.15, -0.1) is 11.3 Å². The number of hydrogen-bond acceptors (Lipinski definition) is 6. The molecule has 1 saturated heterocycles. The number of carbonyl (C=O) groups is 1. The van der Waals surface area contributed by atoms with E-state index in [4.69, 9.17) is 16.3 Å². The van der Waals surface area contributed by atoms with Gasteiger partial charge in [-0.05, 0) is 25.1 Å². The normalized spacial score (nSPS) is 14.3. The molecular formula is C19H18ClF2N5O2S. The number of ether oxygens (including phenoxy) is 1. The zero-order valence-corrected chi connectivity index (χ0v) is 17.6. The van der Waals surface area contributed by atoms with E-state index in [9.17, 15) is 13.6 Å². The smallest absolute Gasteiger partial charge is 0.323 e. The van der Waals surface area contributed by atoms with Crippen LogP contribution in [0, 0.1) is 11.6 Å². The maximum Gasteiger partial charge on any atom is 0.323 e. The summed E-state index contributed by atoms with van der Waals surface area (Å²) in [6, 6.07) is 4.74. The van der Waals surface area contributed by atoms with Crippen LogP contribution in [0.1, 0.15) is 6.92 Å². The first-order valence-corrected chi connectivity index (χ1v) is 10.5. The first-order valence-electron chi connectivity index (χ1n) is 9.30. The lowest BCUT2D eigenvalue weighted by Crippen LogP contribution is -2.50. The number of nitrogens with one attached hydrogen (secondary N) is 1. The van der Waals surface area contributed by atoms with Gasteiger partial charge in [0.15, 0.2) is 5.82 Å². The zero-order chi connectivity index (χ0) is 21.3. The minimum Gasteiger partial charge on any atom is -0.475 e. The van der Waals surface area contributed by atoms with Crippen LogP contribution < -0.4 is 15.0 Å². The number of amides is 2. The molecule has 1 fully saturated rings. The van der Waals surface area contributed by atoms with Gasteiger partial charge in [0.2, 0.25) is 0 Å². The van der Waals surface area contributed by atoms with E-state index in [2.05, 4.69) is 15.3 Å². The lowest BCUT2D eigenvalue weighted by Gasteiger charge is -2.36. The van der Waals surface area contributed by atoms with Gasteiger partial charge in [-0.3, -0.25) is 5.32 Å². The van der Waals surface area contributed by atoms with E-state index in [-0.39, 0.29) is 17.7 Å². The van der Waals surface area contributed by atoms with Crippen LogP contribution >= 0.6 is 22.9 Å². The van der Waals surface area contributed by atoms with E-state index in [1.807, 2.05) is 11.8 Å². The number of rotatable bonds is 4. The number of thiophene rings is 1. The van der Waals surface area contributed by atoms with Crippen molar-refractivity contribution in [2.45, 2.75) is 6.92 Å². The predicted molar refractivity (Wildman–Crippen MR) is 113 cm³/mol. The van der Waals surface area contributed by atoms with Crippen molar-refractivity contribution >= 4 is 50.8 Å². The van der Waals surface area contributed by atoms with Gasteiger partial charge >= 0.3 is 6.03 Å². The lowest BCUT2D eigenvalue weighted by atomic mass is 10.2. The van der Waals surface area contributed by atoms with Crippen LogP contribution in [0.3, 0.4) is 0 Å². The number of benzene rings is 1. The van der Waals surface area contributed by atoms with Crippen molar-refractivity contribution in [2.75, 3.05) is 43.0 Å². The van der Waals surface area contributed by atoms with Crippen molar-refractivity contribution in [1.82, 2.24) is 14.9 Å². The molecule has 2 amide bonds. The minimum absolute atomic E-state index is 0.224. The molecule has 0 atom stereocenters. The first-order chi connectivity index (χ1) is 14.4. The Labute approximate surface area is 180 Å². The summed E-state index contributed by atoms with van der Waals surface area (Å²) in [6.07, 6.45) is 0. The summed E-state index contributed by atoms with van der Waals surface area (Å²) in [5.74, 6) is -0.809. The third kappa shape index (κ3) is 4.39. The molecule has 0 saturated carbocycles. The second kappa shape index (κ2) is 8.57. The molecule has 1 aromatic carbocycles. The van der Waals surface area contributed by atoms with E-state index in [0.717, 1.165) is 6.07 Å². The molecule has 3 heterocycles. The third-order valence-corrected chi connectivity index (χ3v) is 5.73. The molecule has 0 spiro atoms. The summed E-state index contributed by atoms with van der Waals surface area (Å²) in [7, 11) is 0. The standard InChI is InChI=1S/C19H18ClF2N5O2S/c1-2-29-17-16(24-18-14(23-17)10-15(20)30-18)25-19(28)27-5-3-26(4-6-27)13-8-11(21)7-12(22)9-13/h7-10H,2-6H2,1H3,(H,24,25,28). The fourth-order valence-electron chi connectivity index (χ4n) is 3.20. The van der Waals surface area contributed by atoms with Crippen LogP contribution in [0.25, 0.3) is 10.3 Å². The molecule has 7 nitrogen and oxygen atoms in total. The molecule has 0 radical (unpaired) electrons. The Morgan fingerprint density at radius 1 is 1.17 bits per heavy atom. The summed E-state index contributed by atoms with van der Waals surface area (Å²) < 4.78 is 33.0. The van der Waals surface area contributed by atoms with Crippen molar-refractivity contribution in [3.63, 3.8) is 0 Å². The van der Waals surface area contributed by atoms with Gasteiger partial charge in [-0.1, -0.05) is 11.6 Å². The fourth-order valence-corrected chi connectivity index (χ4v) is 4.23. The van der Waals surface area contributed by atoms with Gasteiger partial charge < -0.3 is 14.5 Å². The highest BCUT2D eigenvalue weighted by atomic mass is 35.5. The van der Waals surface area contributed by atoms with Gasteiger partial charge in [-0.25, -0.2) is 23.5 Å². The minimum atomic E-state index is -0.628. The SMILES string of the molecule is CCOc1nc2cc(Cl)sc2nc1NC(=O)N1CCN(c2cc(F)cc(F)c2)CC1. The van der Waals surface area contributed by atoms with Gasteiger partial charge in [0.1, 0.15) is 22.0 Å². The van der Waals surface area contributed by atoms with Crippen molar-refractivity contribution in [2.24, 2.45) is 0 Å². The molecule has 0 bridgehead atoms. The number of fused-ring (bicyclic) bond motifs is 1. The maximum absolute atomic E-state index is 13.5. The number of halogens is 3. The second-order valence-corrected chi connectivity index (χ2v) is 8.25. The number of nitrogens with zero attached hydrogens (tertiary/aromatic N) is 4. The van der Waals surface area contributed by atoms with Gasteiger partial charge in [-0.2, -0.15) is 0 Å².